The van der Waals surface area contributed by atoms with E-state index in [9.17, 15) is 13.2 Å². The average Bonchev–Trinajstić information content (AvgIpc) is 2.91. The summed E-state index contributed by atoms with van der Waals surface area (Å²) in [5, 5.41) is 3.92. The fourth-order valence-corrected chi connectivity index (χ4v) is 3.32. The van der Waals surface area contributed by atoms with Crippen molar-refractivity contribution in [2.75, 3.05) is 6.61 Å². The van der Waals surface area contributed by atoms with Gasteiger partial charge < -0.3 is 4.74 Å². The van der Waals surface area contributed by atoms with Gasteiger partial charge in [0.2, 0.25) is 0 Å². The van der Waals surface area contributed by atoms with Gasteiger partial charge in [0.1, 0.15) is 0 Å². The first-order valence-electron chi connectivity index (χ1n) is 6.60. The molecule has 1 amide bonds. The van der Waals surface area contributed by atoms with Crippen LogP contribution in [0.15, 0.2) is 29.4 Å². The third-order valence-electron chi connectivity index (χ3n) is 3.24. The maximum atomic E-state index is 12.2. The fraction of sp³-hybridized carbons (Fsp3) is 0.308. The fourth-order valence-electron chi connectivity index (χ4n) is 2.18. The molecule has 0 radical (unpaired) electrons. The molecule has 9 heteroatoms. The molecule has 0 aliphatic carbocycles. The number of ether oxygens (including phenoxy) is 1. The number of aryl methyl sites for hydroxylation is 1. The molecule has 2 aromatic rings. The first kappa shape index (κ1) is 14.7. The zero-order valence-electron chi connectivity index (χ0n) is 11.8. The van der Waals surface area contributed by atoms with E-state index in [1.807, 2.05) is 4.72 Å². The van der Waals surface area contributed by atoms with Crippen LogP contribution in [0, 0.1) is 6.92 Å². The Kier molecular flexibility index (Phi) is 3.67. The Bertz CT molecular complexity index is 805. The van der Waals surface area contributed by atoms with Crippen molar-refractivity contribution in [2.24, 2.45) is 0 Å². The molecule has 8 nitrogen and oxygen atoms in total. The Hall–Kier alpha value is -2.26. The van der Waals surface area contributed by atoms with Crippen LogP contribution in [0.4, 0.5) is 0 Å². The van der Waals surface area contributed by atoms with Gasteiger partial charge in [0.15, 0.2) is 10.7 Å². The van der Waals surface area contributed by atoms with Crippen molar-refractivity contribution < 1.29 is 17.9 Å². The number of hydrogen-bond acceptors (Lipinski definition) is 6. The van der Waals surface area contributed by atoms with E-state index in [1.54, 1.807) is 23.7 Å². The predicted octanol–water partition coefficient (Wildman–Crippen LogP) is 0.235. The van der Waals surface area contributed by atoms with Crippen molar-refractivity contribution in [3.8, 4) is 0 Å². The Morgan fingerprint density at radius 3 is 3.00 bits per heavy atom. The highest BCUT2D eigenvalue weighted by Gasteiger charge is 2.24. The molecule has 0 atom stereocenters. The molecule has 22 heavy (non-hydrogen) atoms. The van der Waals surface area contributed by atoms with E-state index in [-0.39, 0.29) is 10.7 Å². The zero-order valence-corrected chi connectivity index (χ0v) is 12.6. The van der Waals surface area contributed by atoms with E-state index in [0.29, 0.717) is 25.3 Å². The summed E-state index contributed by atoms with van der Waals surface area (Å²) in [5.74, 6) is -0.785. The molecular weight excluding hydrogens is 308 g/mol. The molecule has 116 valence electrons. The van der Waals surface area contributed by atoms with Crippen molar-refractivity contribution in [1.29, 1.82) is 0 Å². The Labute approximate surface area is 127 Å². The Morgan fingerprint density at radius 2 is 2.27 bits per heavy atom. The highest BCUT2D eigenvalue weighted by molar-refractivity contribution is 7.90. The van der Waals surface area contributed by atoms with Crippen LogP contribution in [0.1, 0.15) is 21.7 Å². The molecular formula is C13H14N4O4S. The summed E-state index contributed by atoms with van der Waals surface area (Å²) in [6, 6.07) is 4.76. The predicted molar refractivity (Wildman–Crippen MR) is 75.5 cm³/mol. The summed E-state index contributed by atoms with van der Waals surface area (Å²) in [5.41, 5.74) is 1.24. The number of nitrogens with one attached hydrogen (secondary N) is 1. The Morgan fingerprint density at radius 1 is 1.45 bits per heavy atom. The molecule has 2 aromatic heterocycles. The molecule has 3 heterocycles. The van der Waals surface area contributed by atoms with Gasteiger partial charge in [-0.1, -0.05) is 6.07 Å². The van der Waals surface area contributed by atoms with Gasteiger partial charge in [-0.05, 0) is 24.6 Å². The second-order valence-electron chi connectivity index (χ2n) is 4.86. The van der Waals surface area contributed by atoms with E-state index in [0.717, 1.165) is 5.69 Å². The maximum Gasteiger partial charge on any atom is 0.285 e. The smallest absolute Gasteiger partial charge is 0.285 e. The van der Waals surface area contributed by atoms with Crippen LogP contribution in [0.5, 0.6) is 0 Å². The number of hydrogen-bond donors (Lipinski definition) is 1. The van der Waals surface area contributed by atoms with Crippen LogP contribution in [-0.2, 0) is 27.9 Å². The lowest BCUT2D eigenvalue weighted by atomic mass is 10.3. The standard InChI is InChI=1S/C13H14N4O4S/c1-9-3-2-4-14-13(9)22(19,20)16-12(18)11-7-10-8-21-6-5-17(10)15-11/h2-4,7H,5-6,8H2,1H3,(H,16,18). The number of rotatable bonds is 3. The summed E-state index contributed by atoms with van der Waals surface area (Å²) < 4.78 is 33.3. The monoisotopic (exact) mass is 322 g/mol. The topological polar surface area (TPSA) is 103 Å². The molecule has 0 unspecified atom stereocenters. The van der Waals surface area contributed by atoms with Gasteiger partial charge in [-0.3, -0.25) is 9.48 Å². The van der Waals surface area contributed by atoms with Gasteiger partial charge in [-0.25, -0.2) is 9.71 Å². The van der Waals surface area contributed by atoms with Crippen LogP contribution >= 0.6 is 0 Å². The summed E-state index contributed by atoms with van der Waals surface area (Å²) in [6.07, 6.45) is 1.36. The van der Waals surface area contributed by atoms with Gasteiger partial charge in [0.25, 0.3) is 15.9 Å². The Balaban J connectivity index is 1.85. The van der Waals surface area contributed by atoms with Gasteiger partial charge >= 0.3 is 0 Å². The average molecular weight is 322 g/mol. The number of fused-ring (bicyclic) bond motifs is 1. The minimum atomic E-state index is -4.03. The summed E-state index contributed by atoms with van der Waals surface area (Å²) in [4.78, 5) is 15.9. The number of carbonyl (C=O) groups is 1. The quantitative estimate of drug-likeness (QED) is 0.868. The van der Waals surface area contributed by atoms with E-state index < -0.39 is 15.9 Å². The number of nitrogens with zero attached hydrogens (tertiary/aromatic N) is 3. The van der Waals surface area contributed by atoms with Gasteiger partial charge in [0.05, 0.1) is 25.5 Å². The number of aromatic nitrogens is 3. The molecule has 0 aromatic carbocycles. The van der Waals surface area contributed by atoms with E-state index in [4.69, 9.17) is 4.74 Å². The van der Waals surface area contributed by atoms with Crippen molar-refractivity contribution >= 4 is 15.9 Å². The molecule has 1 N–H and O–H groups in total. The van der Waals surface area contributed by atoms with Crippen molar-refractivity contribution in [3.63, 3.8) is 0 Å². The zero-order chi connectivity index (χ0) is 15.7. The summed E-state index contributed by atoms with van der Waals surface area (Å²) in [6.45, 7) is 3.01. The molecule has 0 spiro atoms. The lowest BCUT2D eigenvalue weighted by Gasteiger charge is -2.12. The van der Waals surface area contributed by atoms with Gasteiger partial charge in [-0.2, -0.15) is 13.5 Å². The van der Waals surface area contributed by atoms with E-state index in [1.165, 1.54) is 12.3 Å². The number of amides is 1. The van der Waals surface area contributed by atoms with Crippen LogP contribution in [0.3, 0.4) is 0 Å². The normalized spacial score (nSPS) is 14.4. The first-order valence-corrected chi connectivity index (χ1v) is 8.09. The molecule has 3 rings (SSSR count). The minimum absolute atomic E-state index is 0.0395. The summed E-state index contributed by atoms with van der Waals surface area (Å²) >= 11 is 0. The second-order valence-corrected chi connectivity index (χ2v) is 6.45. The van der Waals surface area contributed by atoms with Crippen LogP contribution in [0.25, 0.3) is 0 Å². The maximum absolute atomic E-state index is 12.2. The SMILES string of the molecule is Cc1cccnc1S(=O)(=O)NC(=O)c1cc2n(n1)CCOC2. The minimum Gasteiger partial charge on any atom is -0.373 e. The lowest BCUT2D eigenvalue weighted by Crippen LogP contribution is -2.32. The third-order valence-corrected chi connectivity index (χ3v) is 4.63. The highest BCUT2D eigenvalue weighted by Crippen LogP contribution is 2.13. The molecule has 0 fully saturated rings. The van der Waals surface area contributed by atoms with Crippen molar-refractivity contribution in [1.82, 2.24) is 19.5 Å². The summed E-state index contributed by atoms with van der Waals surface area (Å²) in [7, 11) is -4.03. The first-order chi connectivity index (χ1) is 10.5. The van der Waals surface area contributed by atoms with Crippen molar-refractivity contribution in [3.05, 3.63) is 41.3 Å². The number of carbonyl (C=O) groups excluding carboxylic acids is 1. The van der Waals surface area contributed by atoms with E-state index in [2.05, 4.69) is 10.1 Å². The lowest BCUT2D eigenvalue weighted by molar-refractivity contribution is 0.0798. The molecule has 0 saturated heterocycles. The van der Waals surface area contributed by atoms with Gasteiger partial charge in [-0.15, -0.1) is 0 Å². The van der Waals surface area contributed by atoms with Gasteiger partial charge in [0, 0.05) is 6.20 Å². The molecule has 1 aliphatic heterocycles. The third kappa shape index (κ3) is 2.72. The van der Waals surface area contributed by atoms with Crippen LogP contribution in [-0.4, -0.2) is 35.7 Å². The van der Waals surface area contributed by atoms with E-state index >= 15 is 0 Å². The van der Waals surface area contributed by atoms with Crippen LogP contribution in [0.2, 0.25) is 0 Å². The molecule has 0 bridgehead atoms. The second kappa shape index (κ2) is 5.50. The number of pyridine rings is 1. The number of sulfonamides is 1. The van der Waals surface area contributed by atoms with Crippen molar-refractivity contribution in [2.45, 2.75) is 25.1 Å². The molecule has 0 saturated carbocycles. The largest absolute Gasteiger partial charge is 0.373 e. The molecule has 1 aliphatic rings. The highest BCUT2D eigenvalue weighted by atomic mass is 32.2. The van der Waals surface area contributed by atoms with Crippen LogP contribution < -0.4 is 4.72 Å².